The van der Waals surface area contributed by atoms with Gasteiger partial charge in [0.05, 0.1) is 19.3 Å². The predicted molar refractivity (Wildman–Crippen MR) is 61.0 cm³/mol. The SMILES string of the molecule is COc1cccc([C@@H](CN)OC(C)C)c1. The maximum Gasteiger partial charge on any atom is 0.119 e. The van der Waals surface area contributed by atoms with Gasteiger partial charge in [0.25, 0.3) is 0 Å². The van der Waals surface area contributed by atoms with Gasteiger partial charge in [-0.25, -0.2) is 0 Å². The first kappa shape index (κ1) is 12.0. The number of benzene rings is 1. The number of hydrogen-bond donors (Lipinski definition) is 1. The summed E-state index contributed by atoms with van der Waals surface area (Å²) in [5, 5.41) is 0. The minimum absolute atomic E-state index is 0.0555. The van der Waals surface area contributed by atoms with Gasteiger partial charge in [-0.1, -0.05) is 12.1 Å². The lowest BCUT2D eigenvalue weighted by Gasteiger charge is -2.19. The van der Waals surface area contributed by atoms with Crippen LogP contribution in [0.15, 0.2) is 24.3 Å². The Hall–Kier alpha value is -1.06. The van der Waals surface area contributed by atoms with Crippen molar-refractivity contribution < 1.29 is 9.47 Å². The molecule has 0 aromatic heterocycles. The van der Waals surface area contributed by atoms with Crippen LogP contribution in [-0.2, 0) is 4.74 Å². The predicted octanol–water partition coefficient (Wildman–Crippen LogP) is 2.12. The van der Waals surface area contributed by atoms with E-state index in [1.54, 1.807) is 7.11 Å². The van der Waals surface area contributed by atoms with Crippen LogP contribution in [-0.4, -0.2) is 19.8 Å². The molecule has 0 heterocycles. The van der Waals surface area contributed by atoms with E-state index in [0.717, 1.165) is 11.3 Å². The normalized spacial score (nSPS) is 12.9. The number of nitrogens with two attached hydrogens (primary N) is 1. The van der Waals surface area contributed by atoms with Crippen molar-refractivity contribution in [2.45, 2.75) is 26.1 Å². The van der Waals surface area contributed by atoms with Crippen LogP contribution in [0.5, 0.6) is 5.75 Å². The van der Waals surface area contributed by atoms with E-state index < -0.39 is 0 Å². The van der Waals surface area contributed by atoms with Gasteiger partial charge in [0, 0.05) is 6.54 Å². The average Bonchev–Trinajstić information content (AvgIpc) is 2.25. The summed E-state index contributed by atoms with van der Waals surface area (Å²) in [6, 6.07) is 7.81. The quantitative estimate of drug-likeness (QED) is 0.807. The van der Waals surface area contributed by atoms with E-state index in [2.05, 4.69) is 0 Å². The van der Waals surface area contributed by atoms with Gasteiger partial charge in [0.1, 0.15) is 5.75 Å². The zero-order chi connectivity index (χ0) is 11.3. The maximum absolute atomic E-state index is 5.70. The first-order valence-corrected chi connectivity index (χ1v) is 5.17. The Labute approximate surface area is 91.2 Å². The molecule has 0 unspecified atom stereocenters. The smallest absolute Gasteiger partial charge is 0.119 e. The zero-order valence-corrected chi connectivity index (χ0v) is 9.57. The molecule has 0 bridgehead atoms. The third-order valence-electron chi connectivity index (χ3n) is 2.12. The number of rotatable bonds is 5. The Kier molecular flexibility index (Phi) is 4.59. The summed E-state index contributed by atoms with van der Waals surface area (Å²) in [5.41, 5.74) is 6.74. The molecule has 0 spiro atoms. The monoisotopic (exact) mass is 209 g/mol. The standard InChI is InChI=1S/C12H19NO2/c1-9(2)15-12(8-13)10-5-4-6-11(7-10)14-3/h4-7,9,12H,8,13H2,1-3H3/t12-/m1/s1. The number of hydrogen-bond acceptors (Lipinski definition) is 3. The molecule has 84 valence electrons. The van der Waals surface area contributed by atoms with Crippen LogP contribution in [0.25, 0.3) is 0 Å². The van der Waals surface area contributed by atoms with E-state index in [1.807, 2.05) is 38.1 Å². The molecular formula is C12H19NO2. The minimum Gasteiger partial charge on any atom is -0.497 e. The molecular weight excluding hydrogens is 190 g/mol. The van der Waals surface area contributed by atoms with Crippen LogP contribution in [0.1, 0.15) is 25.5 Å². The van der Waals surface area contributed by atoms with Crippen molar-refractivity contribution in [3.05, 3.63) is 29.8 Å². The first-order valence-electron chi connectivity index (χ1n) is 5.17. The maximum atomic E-state index is 5.70. The fraction of sp³-hybridized carbons (Fsp3) is 0.500. The van der Waals surface area contributed by atoms with Gasteiger partial charge in [-0.05, 0) is 31.5 Å². The number of ether oxygens (including phenoxy) is 2. The molecule has 0 aliphatic carbocycles. The van der Waals surface area contributed by atoms with Crippen LogP contribution in [0.2, 0.25) is 0 Å². The molecule has 0 aliphatic heterocycles. The molecule has 1 aromatic carbocycles. The lowest BCUT2D eigenvalue weighted by molar-refractivity contribution is 0.0119. The van der Waals surface area contributed by atoms with Gasteiger partial charge in [0.15, 0.2) is 0 Å². The highest BCUT2D eigenvalue weighted by Gasteiger charge is 2.12. The Morgan fingerprint density at radius 3 is 2.60 bits per heavy atom. The third kappa shape index (κ3) is 3.53. The molecule has 0 amide bonds. The molecule has 2 N–H and O–H groups in total. The van der Waals surface area contributed by atoms with E-state index in [9.17, 15) is 0 Å². The second-order valence-corrected chi connectivity index (χ2v) is 3.69. The van der Waals surface area contributed by atoms with Crippen LogP contribution in [0.3, 0.4) is 0 Å². The van der Waals surface area contributed by atoms with Crippen LogP contribution in [0, 0.1) is 0 Å². The lowest BCUT2D eigenvalue weighted by Crippen LogP contribution is -2.19. The van der Waals surface area contributed by atoms with Crippen LogP contribution in [0.4, 0.5) is 0 Å². The summed E-state index contributed by atoms with van der Waals surface area (Å²) < 4.78 is 10.9. The Balaban J connectivity index is 2.81. The summed E-state index contributed by atoms with van der Waals surface area (Å²) in [4.78, 5) is 0. The summed E-state index contributed by atoms with van der Waals surface area (Å²) in [6.07, 6.45) is 0.116. The molecule has 0 saturated carbocycles. The van der Waals surface area contributed by atoms with Crippen LogP contribution < -0.4 is 10.5 Å². The van der Waals surface area contributed by atoms with Crippen molar-refractivity contribution in [1.29, 1.82) is 0 Å². The molecule has 0 saturated heterocycles. The van der Waals surface area contributed by atoms with E-state index in [4.69, 9.17) is 15.2 Å². The molecule has 15 heavy (non-hydrogen) atoms. The molecule has 1 atom stereocenters. The first-order chi connectivity index (χ1) is 7.17. The topological polar surface area (TPSA) is 44.5 Å². The summed E-state index contributed by atoms with van der Waals surface area (Å²) in [6.45, 7) is 4.48. The molecule has 1 aromatic rings. The Bertz CT molecular complexity index is 299. The van der Waals surface area contributed by atoms with Gasteiger partial charge in [-0.2, -0.15) is 0 Å². The van der Waals surface area contributed by atoms with Gasteiger partial charge in [-0.3, -0.25) is 0 Å². The second-order valence-electron chi connectivity index (χ2n) is 3.69. The summed E-state index contributed by atoms with van der Waals surface area (Å²) in [5.74, 6) is 0.832. The number of methoxy groups -OCH3 is 1. The summed E-state index contributed by atoms with van der Waals surface area (Å²) in [7, 11) is 1.65. The Morgan fingerprint density at radius 2 is 2.07 bits per heavy atom. The average molecular weight is 209 g/mol. The second kappa shape index (κ2) is 5.73. The van der Waals surface area contributed by atoms with E-state index in [-0.39, 0.29) is 12.2 Å². The third-order valence-corrected chi connectivity index (χ3v) is 2.12. The molecule has 0 radical (unpaired) electrons. The van der Waals surface area contributed by atoms with E-state index >= 15 is 0 Å². The molecule has 0 fully saturated rings. The van der Waals surface area contributed by atoms with Crippen molar-refractivity contribution >= 4 is 0 Å². The van der Waals surface area contributed by atoms with Crippen molar-refractivity contribution in [3.8, 4) is 5.75 Å². The fourth-order valence-corrected chi connectivity index (χ4v) is 1.44. The van der Waals surface area contributed by atoms with Crippen molar-refractivity contribution in [1.82, 2.24) is 0 Å². The fourth-order valence-electron chi connectivity index (χ4n) is 1.44. The minimum atomic E-state index is -0.0555. The molecule has 1 rings (SSSR count). The van der Waals surface area contributed by atoms with E-state index in [0.29, 0.717) is 6.54 Å². The highest BCUT2D eigenvalue weighted by atomic mass is 16.5. The van der Waals surface area contributed by atoms with Crippen molar-refractivity contribution in [2.24, 2.45) is 5.73 Å². The van der Waals surface area contributed by atoms with E-state index in [1.165, 1.54) is 0 Å². The molecule has 3 heteroatoms. The van der Waals surface area contributed by atoms with Gasteiger partial charge < -0.3 is 15.2 Å². The van der Waals surface area contributed by atoms with Gasteiger partial charge >= 0.3 is 0 Å². The summed E-state index contributed by atoms with van der Waals surface area (Å²) >= 11 is 0. The lowest BCUT2D eigenvalue weighted by atomic mass is 10.1. The van der Waals surface area contributed by atoms with Gasteiger partial charge in [-0.15, -0.1) is 0 Å². The highest BCUT2D eigenvalue weighted by molar-refractivity contribution is 5.30. The Morgan fingerprint density at radius 1 is 1.33 bits per heavy atom. The largest absolute Gasteiger partial charge is 0.497 e. The molecule has 3 nitrogen and oxygen atoms in total. The van der Waals surface area contributed by atoms with Crippen molar-refractivity contribution in [3.63, 3.8) is 0 Å². The van der Waals surface area contributed by atoms with Crippen LogP contribution >= 0.6 is 0 Å². The highest BCUT2D eigenvalue weighted by Crippen LogP contribution is 2.22. The van der Waals surface area contributed by atoms with Gasteiger partial charge in [0.2, 0.25) is 0 Å². The zero-order valence-electron chi connectivity index (χ0n) is 9.57. The van der Waals surface area contributed by atoms with Crippen molar-refractivity contribution in [2.75, 3.05) is 13.7 Å². The molecule has 0 aliphatic rings.